The molecular formula is C24H20Cl3N3O3S. The number of benzene rings is 3. The summed E-state index contributed by atoms with van der Waals surface area (Å²) in [5, 5.41) is 0.460. The van der Waals surface area contributed by atoms with Gasteiger partial charge in [-0.2, -0.15) is 4.31 Å². The van der Waals surface area contributed by atoms with Crippen molar-refractivity contribution in [3.05, 3.63) is 97.0 Å². The summed E-state index contributed by atoms with van der Waals surface area (Å²) in [5.41, 5.74) is 2.70. The maximum atomic E-state index is 13.5. The maximum Gasteiger partial charge on any atom is 0.266 e. The van der Waals surface area contributed by atoms with E-state index in [-0.39, 0.29) is 37.9 Å². The molecule has 6 nitrogen and oxygen atoms in total. The third-order valence-electron chi connectivity index (χ3n) is 5.43. The highest BCUT2D eigenvalue weighted by Gasteiger charge is 2.29. The van der Waals surface area contributed by atoms with E-state index in [1.807, 2.05) is 32.0 Å². The molecule has 0 radical (unpaired) electrons. The summed E-state index contributed by atoms with van der Waals surface area (Å²) in [6.07, 6.45) is 0. The van der Waals surface area contributed by atoms with Crippen LogP contribution in [0, 0.1) is 13.8 Å². The number of aromatic nitrogens is 2. The Hall–Kier alpha value is -2.42. The number of halogens is 3. The third-order valence-corrected chi connectivity index (χ3v) is 8.38. The van der Waals surface area contributed by atoms with Gasteiger partial charge in [-0.3, -0.25) is 9.36 Å². The molecule has 0 atom stereocenters. The van der Waals surface area contributed by atoms with Crippen LogP contribution in [0.15, 0.2) is 64.3 Å². The zero-order valence-corrected chi connectivity index (χ0v) is 21.6. The lowest BCUT2D eigenvalue weighted by Crippen LogP contribution is -2.32. The van der Waals surface area contributed by atoms with Gasteiger partial charge in [-0.15, -0.1) is 0 Å². The second-order valence-corrected chi connectivity index (χ2v) is 11.2. The predicted molar refractivity (Wildman–Crippen MR) is 137 cm³/mol. The van der Waals surface area contributed by atoms with Gasteiger partial charge in [0, 0.05) is 12.1 Å². The Morgan fingerprint density at radius 3 is 2.26 bits per heavy atom. The zero-order valence-electron chi connectivity index (χ0n) is 18.5. The number of aryl methyl sites for hydroxylation is 2. The first-order valence-corrected chi connectivity index (χ1v) is 12.8. The van der Waals surface area contributed by atoms with Crippen molar-refractivity contribution in [1.82, 2.24) is 13.9 Å². The Bertz CT molecular complexity index is 1580. The number of hydrogen-bond donors (Lipinski definition) is 0. The minimum atomic E-state index is -4.14. The number of para-hydroxylation sites is 1. The van der Waals surface area contributed by atoms with Crippen molar-refractivity contribution < 1.29 is 8.42 Å². The Labute approximate surface area is 212 Å². The van der Waals surface area contributed by atoms with Crippen LogP contribution < -0.4 is 5.56 Å². The van der Waals surface area contributed by atoms with Crippen molar-refractivity contribution in [3.8, 4) is 5.69 Å². The molecule has 1 aromatic heterocycles. The summed E-state index contributed by atoms with van der Waals surface area (Å²) in [4.78, 5) is 17.9. The lowest BCUT2D eigenvalue weighted by atomic mass is 10.1. The number of hydrogen-bond acceptors (Lipinski definition) is 4. The summed E-state index contributed by atoms with van der Waals surface area (Å²) in [6.45, 7) is 3.64. The van der Waals surface area contributed by atoms with E-state index in [4.69, 9.17) is 34.8 Å². The number of fused-ring (bicyclic) bond motifs is 1. The van der Waals surface area contributed by atoms with E-state index in [0.29, 0.717) is 16.6 Å². The molecule has 0 aliphatic carbocycles. The first kappa shape index (κ1) is 24.7. The summed E-state index contributed by atoms with van der Waals surface area (Å²) in [7, 11) is -2.76. The summed E-state index contributed by atoms with van der Waals surface area (Å²) >= 11 is 18.3. The molecule has 0 unspecified atom stereocenters. The predicted octanol–water partition coefficient (Wildman–Crippen LogP) is 5.78. The second-order valence-electron chi connectivity index (χ2n) is 7.94. The first-order valence-electron chi connectivity index (χ1n) is 10.2. The van der Waals surface area contributed by atoms with Crippen molar-refractivity contribution in [2.24, 2.45) is 0 Å². The monoisotopic (exact) mass is 535 g/mol. The van der Waals surface area contributed by atoms with Crippen LogP contribution in [0.25, 0.3) is 16.6 Å². The van der Waals surface area contributed by atoms with Gasteiger partial charge in [-0.25, -0.2) is 13.4 Å². The highest BCUT2D eigenvalue weighted by Crippen LogP contribution is 2.34. The standard InChI is InChI=1S/C24H20Cl3N3O3S/c1-14-8-9-21(15(2)10-14)30-22(28-20-7-5-4-6-17(20)24(30)31)13-29(3)34(32,33)23-18(26)11-16(25)12-19(23)27/h4-12H,13H2,1-3H3. The highest BCUT2D eigenvalue weighted by molar-refractivity contribution is 7.89. The molecule has 4 aromatic rings. The second kappa shape index (κ2) is 9.32. The first-order chi connectivity index (χ1) is 16.0. The van der Waals surface area contributed by atoms with Gasteiger partial charge < -0.3 is 0 Å². The molecule has 0 N–H and O–H groups in total. The molecule has 34 heavy (non-hydrogen) atoms. The van der Waals surface area contributed by atoms with Crippen LogP contribution in [-0.2, 0) is 16.6 Å². The van der Waals surface area contributed by atoms with Gasteiger partial charge in [0.25, 0.3) is 5.56 Å². The molecule has 0 saturated carbocycles. The molecule has 1 heterocycles. The summed E-state index contributed by atoms with van der Waals surface area (Å²) in [5.74, 6) is 0.253. The van der Waals surface area contributed by atoms with Crippen LogP contribution in [0.4, 0.5) is 0 Å². The Morgan fingerprint density at radius 1 is 0.971 bits per heavy atom. The van der Waals surface area contributed by atoms with Gasteiger partial charge in [0.05, 0.1) is 33.2 Å². The van der Waals surface area contributed by atoms with Gasteiger partial charge in [0.1, 0.15) is 10.7 Å². The van der Waals surface area contributed by atoms with Crippen LogP contribution in [0.5, 0.6) is 0 Å². The van der Waals surface area contributed by atoms with Crippen molar-refractivity contribution in [2.75, 3.05) is 7.05 Å². The number of nitrogens with zero attached hydrogens (tertiary/aromatic N) is 3. The lowest BCUT2D eigenvalue weighted by molar-refractivity contribution is 0.452. The molecule has 4 rings (SSSR count). The average molecular weight is 537 g/mol. The number of sulfonamides is 1. The van der Waals surface area contributed by atoms with E-state index in [2.05, 4.69) is 4.98 Å². The van der Waals surface area contributed by atoms with Gasteiger partial charge in [0.2, 0.25) is 10.0 Å². The maximum absolute atomic E-state index is 13.5. The molecule has 176 valence electrons. The van der Waals surface area contributed by atoms with E-state index in [1.54, 1.807) is 24.3 Å². The van der Waals surface area contributed by atoms with E-state index in [1.165, 1.54) is 23.7 Å². The molecule has 0 aliphatic heterocycles. The molecule has 0 spiro atoms. The Balaban J connectivity index is 1.90. The fraction of sp³-hybridized carbons (Fsp3) is 0.167. The third kappa shape index (κ3) is 4.46. The Morgan fingerprint density at radius 2 is 1.62 bits per heavy atom. The van der Waals surface area contributed by atoms with E-state index in [0.717, 1.165) is 15.4 Å². The van der Waals surface area contributed by atoms with E-state index >= 15 is 0 Å². The smallest absolute Gasteiger partial charge is 0.266 e. The van der Waals surface area contributed by atoms with Gasteiger partial charge in [-0.1, -0.05) is 64.6 Å². The van der Waals surface area contributed by atoms with Crippen LogP contribution in [0.1, 0.15) is 17.0 Å². The van der Waals surface area contributed by atoms with Crippen molar-refractivity contribution in [3.63, 3.8) is 0 Å². The largest absolute Gasteiger partial charge is 0.268 e. The van der Waals surface area contributed by atoms with Crippen molar-refractivity contribution in [1.29, 1.82) is 0 Å². The van der Waals surface area contributed by atoms with E-state index in [9.17, 15) is 13.2 Å². The van der Waals surface area contributed by atoms with Crippen molar-refractivity contribution in [2.45, 2.75) is 25.3 Å². The molecule has 3 aromatic carbocycles. The molecule has 10 heteroatoms. The van der Waals surface area contributed by atoms with Crippen molar-refractivity contribution >= 4 is 55.7 Å². The molecular weight excluding hydrogens is 517 g/mol. The summed E-state index contributed by atoms with van der Waals surface area (Å²) in [6, 6.07) is 15.2. The summed E-state index contributed by atoms with van der Waals surface area (Å²) < 4.78 is 29.3. The minimum absolute atomic E-state index is 0.0948. The topological polar surface area (TPSA) is 72.3 Å². The van der Waals surface area contributed by atoms with Crippen LogP contribution in [-0.4, -0.2) is 29.3 Å². The van der Waals surface area contributed by atoms with Gasteiger partial charge in [0.15, 0.2) is 0 Å². The lowest BCUT2D eigenvalue weighted by Gasteiger charge is -2.22. The van der Waals surface area contributed by atoms with E-state index < -0.39 is 10.0 Å². The SMILES string of the molecule is Cc1ccc(-n2c(CN(C)S(=O)(=O)c3c(Cl)cc(Cl)cc3Cl)nc3ccccc3c2=O)c(C)c1. The van der Waals surface area contributed by atoms with Crippen LogP contribution in [0.3, 0.4) is 0 Å². The quantitative estimate of drug-likeness (QED) is 0.324. The fourth-order valence-electron chi connectivity index (χ4n) is 3.80. The van der Waals surface area contributed by atoms with Gasteiger partial charge >= 0.3 is 0 Å². The molecule has 0 bridgehead atoms. The fourth-order valence-corrected chi connectivity index (χ4v) is 6.41. The van der Waals surface area contributed by atoms with Crippen LogP contribution in [0.2, 0.25) is 15.1 Å². The minimum Gasteiger partial charge on any atom is -0.268 e. The van der Waals surface area contributed by atoms with Crippen LogP contribution >= 0.6 is 34.8 Å². The average Bonchev–Trinajstić information content (AvgIpc) is 2.74. The zero-order chi connectivity index (χ0) is 24.8. The molecule has 0 saturated heterocycles. The molecule has 0 aliphatic rings. The highest BCUT2D eigenvalue weighted by atomic mass is 35.5. The Kier molecular flexibility index (Phi) is 6.77. The number of rotatable bonds is 5. The molecule has 0 fully saturated rings. The van der Waals surface area contributed by atoms with Gasteiger partial charge in [-0.05, 0) is 49.7 Å². The normalized spacial score (nSPS) is 12.0. The molecule has 0 amide bonds.